The molecule has 0 fully saturated rings. The molecule has 7 heteroatoms. The Hall–Kier alpha value is -4.78. The number of carbonyl (C=O) groups excluding carboxylic acids is 1. The number of carbonyl (C=O) groups is 2. The molecule has 0 unspecified atom stereocenters. The van der Waals surface area contributed by atoms with Gasteiger partial charge in [0.1, 0.15) is 17.2 Å². The van der Waals surface area contributed by atoms with Crippen LogP contribution in [-0.4, -0.2) is 44.4 Å². The first-order chi connectivity index (χ1) is 21.5. The third kappa shape index (κ3) is 8.86. The van der Waals surface area contributed by atoms with Gasteiger partial charge in [-0.2, -0.15) is 0 Å². The van der Waals surface area contributed by atoms with Crippen molar-refractivity contribution in [3.05, 3.63) is 102 Å². The summed E-state index contributed by atoms with van der Waals surface area (Å²) in [7, 11) is 3.09. The number of amides is 1. The predicted molar refractivity (Wildman–Crippen MR) is 174 cm³/mol. The van der Waals surface area contributed by atoms with Crippen molar-refractivity contribution >= 4 is 11.9 Å². The summed E-state index contributed by atoms with van der Waals surface area (Å²) in [4.78, 5) is 25.2. The summed E-state index contributed by atoms with van der Waals surface area (Å²) in [6.07, 6.45) is 7.72. The van der Waals surface area contributed by atoms with Crippen LogP contribution < -0.4 is 19.5 Å². The van der Waals surface area contributed by atoms with E-state index in [0.717, 1.165) is 36.8 Å². The number of benzene rings is 4. The monoisotopic (exact) mass is 595 g/mol. The zero-order valence-electron chi connectivity index (χ0n) is 25.5. The maximum atomic E-state index is 13.6. The van der Waals surface area contributed by atoms with Crippen molar-refractivity contribution in [2.75, 3.05) is 27.4 Å². The number of hydrogen-bond donors (Lipinski definition) is 2. The second-order valence-electron chi connectivity index (χ2n) is 10.6. The Morgan fingerprint density at radius 2 is 1.34 bits per heavy atom. The minimum absolute atomic E-state index is 0.263. The summed E-state index contributed by atoms with van der Waals surface area (Å²) in [6, 6.07) is 29.0. The molecule has 0 atom stereocenters. The van der Waals surface area contributed by atoms with E-state index < -0.39 is 12.6 Å². The van der Waals surface area contributed by atoms with Gasteiger partial charge in [-0.1, -0.05) is 98.5 Å². The quantitative estimate of drug-likeness (QED) is 0.121. The predicted octanol–water partition coefficient (Wildman–Crippen LogP) is 7.81. The minimum atomic E-state index is -1.11. The van der Waals surface area contributed by atoms with Gasteiger partial charge < -0.3 is 24.6 Å². The second-order valence-corrected chi connectivity index (χ2v) is 10.6. The van der Waals surface area contributed by atoms with Crippen LogP contribution in [0.3, 0.4) is 0 Å². The van der Waals surface area contributed by atoms with Gasteiger partial charge in [-0.05, 0) is 54.2 Å². The molecule has 0 aliphatic carbocycles. The summed E-state index contributed by atoms with van der Waals surface area (Å²) >= 11 is 0. The number of aliphatic carboxylic acids is 1. The van der Waals surface area contributed by atoms with Gasteiger partial charge in [-0.25, -0.2) is 4.79 Å². The average molecular weight is 596 g/mol. The van der Waals surface area contributed by atoms with E-state index in [-0.39, 0.29) is 5.91 Å². The van der Waals surface area contributed by atoms with Gasteiger partial charge in [0.15, 0.2) is 6.61 Å². The van der Waals surface area contributed by atoms with Crippen molar-refractivity contribution in [3.63, 3.8) is 0 Å². The third-order valence-corrected chi connectivity index (χ3v) is 7.50. The lowest BCUT2D eigenvalue weighted by atomic mass is 9.92. The van der Waals surface area contributed by atoms with Crippen LogP contribution in [0.1, 0.15) is 54.4 Å². The van der Waals surface area contributed by atoms with Crippen LogP contribution in [0.4, 0.5) is 0 Å². The van der Waals surface area contributed by atoms with Crippen LogP contribution >= 0.6 is 0 Å². The van der Waals surface area contributed by atoms with E-state index in [0.29, 0.717) is 40.5 Å². The van der Waals surface area contributed by atoms with Crippen molar-refractivity contribution in [1.29, 1.82) is 0 Å². The van der Waals surface area contributed by atoms with E-state index in [1.165, 1.54) is 31.9 Å². The van der Waals surface area contributed by atoms with Crippen LogP contribution in [0, 0.1) is 0 Å². The smallest absolute Gasteiger partial charge is 0.341 e. The van der Waals surface area contributed by atoms with E-state index in [2.05, 4.69) is 29.6 Å². The Bertz CT molecular complexity index is 1490. The number of unbranched alkanes of at least 4 members (excludes halogenated alkanes) is 5. The number of rotatable bonds is 17. The number of hydrogen-bond acceptors (Lipinski definition) is 5. The van der Waals surface area contributed by atoms with Gasteiger partial charge in [0.05, 0.1) is 25.3 Å². The molecule has 0 spiro atoms. The zero-order chi connectivity index (χ0) is 31.1. The number of carboxylic acids is 1. The van der Waals surface area contributed by atoms with Crippen LogP contribution in [-0.2, 0) is 11.2 Å². The Labute approximate surface area is 259 Å². The summed E-state index contributed by atoms with van der Waals surface area (Å²) in [5.74, 6) is -0.0509. The molecule has 2 N–H and O–H groups in total. The fourth-order valence-electron chi connectivity index (χ4n) is 5.27. The summed E-state index contributed by atoms with van der Waals surface area (Å²) in [6.45, 7) is -0.00819. The maximum absolute atomic E-state index is 13.6. The lowest BCUT2D eigenvalue weighted by molar-refractivity contribution is -0.139. The number of nitrogens with one attached hydrogen (secondary N) is 1. The van der Waals surface area contributed by atoms with Crippen LogP contribution in [0.5, 0.6) is 17.2 Å². The molecule has 0 radical (unpaired) electrons. The van der Waals surface area contributed by atoms with Gasteiger partial charge >= 0.3 is 5.97 Å². The molecule has 0 heterocycles. The van der Waals surface area contributed by atoms with Crippen molar-refractivity contribution in [1.82, 2.24) is 5.32 Å². The number of aryl methyl sites for hydroxylation is 1. The van der Waals surface area contributed by atoms with Crippen LogP contribution in [0.25, 0.3) is 22.3 Å². The van der Waals surface area contributed by atoms with Crippen LogP contribution in [0.15, 0.2) is 91.0 Å². The van der Waals surface area contributed by atoms with E-state index >= 15 is 0 Å². The van der Waals surface area contributed by atoms with Crippen molar-refractivity contribution < 1.29 is 28.9 Å². The zero-order valence-corrected chi connectivity index (χ0v) is 25.5. The van der Waals surface area contributed by atoms with Gasteiger partial charge in [0.2, 0.25) is 0 Å². The Morgan fingerprint density at radius 3 is 1.98 bits per heavy atom. The third-order valence-electron chi connectivity index (χ3n) is 7.50. The molecule has 230 valence electrons. The highest BCUT2D eigenvalue weighted by atomic mass is 16.5. The molecular formula is C37H41NO6. The highest BCUT2D eigenvalue weighted by molar-refractivity contribution is 6.03. The van der Waals surface area contributed by atoms with Gasteiger partial charge in [-0.15, -0.1) is 0 Å². The molecule has 0 saturated carbocycles. The first kappa shape index (κ1) is 32.1. The van der Waals surface area contributed by atoms with Gasteiger partial charge in [0, 0.05) is 12.1 Å². The molecule has 0 aliphatic heterocycles. The molecule has 0 aliphatic rings. The summed E-state index contributed by atoms with van der Waals surface area (Å²) in [5, 5.41) is 12.5. The van der Waals surface area contributed by atoms with E-state index in [4.69, 9.17) is 14.2 Å². The molecule has 4 rings (SSSR count). The first-order valence-electron chi connectivity index (χ1n) is 15.1. The largest absolute Gasteiger partial charge is 0.497 e. The van der Waals surface area contributed by atoms with Crippen LogP contribution in [0.2, 0.25) is 0 Å². The Morgan fingerprint density at radius 1 is 0.705 bits per heavy atom. The van der Waals surface area contributed by atoms with E-state index in [9.17, 15) is 14.7 Å². The Balaban J connectivity index is 1.51. The lowest BCUT2D eigenvalue weighted by Crippen LogP contribution is -2.25. The number of methoxy groups -OCH3 is 2. The molecule has 4 aromatic carbocycles. The summed E-state index contributed by atoms with van der Waals surface area (Å²) in [5.41, 5.74) is 4.31. The fourth-order valence-corrected chi connectivity index (χ4v) is 5.27. The Kier molecular flexibility index (Phi) is 12.2. The second kappa shape index (κ2) is 16.8. The normalized spacial score (nSPS) is 10.7. The first-order valence-corrected chi connectivity index (χ1v) is 15.1. The molecular weight excluding hydrogens is 554 g/mol. The molecule has 4 aromatic rings. The molecule has 0 aromatic heterocycles. The highest BCUT2D eigenvalue weighted by Crippen LogP contribution is 2.47. The van der Waals surface area contributed by atoms with Crippen molar-refractivity contribution in [2.24, 2.45) is 0 Å². The SMILES string of the molecule is COc1ccc(-c2cc(C(=O)NCCCCCCCCc3ccccc3)c(OC)c(-c3ccccc3)c2OCC(=O)O)cc1. The number of ether oxygens (including phenoxy) is 3. The topological polar surface area (TPSA) is 94.1 Å². The highest BCUT2D eigenvalue weighted by Gasteiger charge is 2.26. The maximum Gasteiger partial charge on any atom is 0.341 e. The standard InChI is InChI=1S/C37H41NO6/c1-42-30-22-20-28(21-23-30)31-25-32(35(43-2)34(29-18-12-8-13-19-29)36(31)44-26-33(39)40)37(41)38-24-14-6-4-3-5-9-15-27-16-10-7-11-17-27/h7-8,10-13,16-23,25H,3-6,9,14-15,24,26H2,1-2H3,(H,38,41)(H,39,40). The molecule has 1 amide bonds. The van der Waals surface area contributed by atoms with Gasteiger partial charge in [0.25, 0.3) is 5.91 Å². The van der Waals surface area contributed by atoms with E-state index in [1.54, 1.807) is 13.2 Å². The minimum Gasteiger partial charge on any atom is -0.497 e. The van der Waals surface area contributed by atoms with E-state index in [1.807, 2.05) is 60.7 Å². The number of carboxylic acid groups (broad SMARTS) is 1. The molecule has 7 nitrogen and oxygen atoms in total. The lowest BCUT2D eigenvalue weighted by Gasteiger charge is -2.21. The van der Waals surface area contributed by atoms with Crippen molar-refractivity contribution in [2.45, 2.75) is 44.9 Å². The summed E-state index contributed by atoms with van der Waals surface area (Å²) < 4.78 is 17.1. The van der Waals surface area contributed by atoms with Gasteiger partial charge in [-0.3, -0.25) is 4.79 Å². The average Bonchev–Trinajstić information content (AvgIpc) is 3.06. The molecule has 44 heavy (non-hydrogen) atoms. The fraction of sp³-hybridized carbons (Fsp3) is 0.297. The molecule has 0 bridgehead atoms. The molecule has 0 saturated heterocycles. The van der Waals surface area contributed by atoms with Crippen molar-refractivity contribution in [3.8, 4) is 39.5 Å².